The number of hydrogen-bond donors (Lipinski definition) is 1. The van der Waals surface area contributed by atoms with Gasteiger partial charge in [0.25, 0.3) is 0 Å². The molecule has 0 saturated heterocycles. The summed E-state index contributed by atoms with van der Waals surface area (Å²) in [5, 5.41) is 8.70. The Kier molecular flexibility index (Phi) is 6.07. The number of aliphatic hydroxyl groups is 1. The molecule has 3 heteroatoms. The van der Waals surface area contributed by atoms with E-state index in [1.165, 1.54) is 18.4 Å². The summed E-state index contributed by atoms with van der Waals surface area (Å²) in [5.41, 5.74) is 2.33. The Morgan fingerprint density at radius 2 is 2.05 bits per heavy atom. The number of hydrogen-bond acceptors (Lipinski definition) is 3. The van der Waals surface area contributed by atoms with E-state index in [0.717, 1.165) is 31.3 Å². The van der Waals surface area contributed by atoms with Crippen molar-refractivity contribution in [2.24, 2.45) is 0 Å². The van der Waals surface area contributed by atoms with E-state index in [4.69, 9.17) is 9.84 Å². The summed E-state index contributed by atoms with van der Waals surface area (Å²) >= 11 is 0. The van der Waals surface area contributed by atoms with E-state index < -0.39 is 0 Å². The third kappa shape index (κ3) is 4.97. The van der Waals surface area contributed by atoms with Crippen molar-refractivity contribution in [3.8, 4) is 11.8 Å². The highest BCUT2D eigenvalue weighted by Gasteiger charge is 2.28. The lowest BCUT2D eigenvalue weighted by molar-refractivity contribution is 0.139. The van der Waals surface area contributed by atoms with E-state index in [1.807, 2.05) is 0 Å². The highest BCUT2D eigenvalue weighted by Crippen LogP contribution is 2.28. The molecule has 1 aliphatic rings. The van der Waals surface area contributed by atoms with Crippen molar-refractivity contribution in [1.82, 2.24) is 4.90 Å². The third-order valence-corrected chi connectivity index (χ3v) is 3.46. The van der Waals surface area contributed by atoms with Gasteiger partial charge in [-0.2, -0.15) is 0 Å². The molecule has 1 N–H and O–H groups in total. The Hall–Kier alpha value is -1.34. The normalized spacial score (nSPS) is 14.2. The van der Waals surface area contributed by atoms with Gasteiger partial charge >= 0.3 is 0 Å². The van der Waals surface area contributed by atoms with Crippen LogP contribution in [0.5, 0.6) is 0 Å². The van der Waals surface area contributed by atoms with Crippen LogP contribution in [0.25, 0.3) is 0 Å². The molecule has 2 rings (SSSR count). The lowest BCUT2D eigenvalue weighted by Gasteiger charge is -2.21. The minimum atomic E-state index is 0.126. The van der Waals surface area contributed by atoms with Gasteiger partial charge in [-0.15, -0.1) is 0 Å². The molecule has 0 atom stereocenters. The van der Waals surface area contributed by atoms with Crippen molar-refractivity contribution in [3.63, 3.8) is 0 Å². The first kappa shape index (κ1) is 15.1. The van der Waals surface area contributed by atoms with Gasteiger partial charge in [0.05, 0.1) is 13.2 Å². The minimum absolute atomic E-state index is 0.126. The van der Waals surface area contributed by atoms with E-state index in [1.54, 1.807) is 7.11 Å². The van der Waals surface area contributed by atoms with Gasteiger partial charge in [-0.3, -0.25) is 4.90 Å². The van der Waals surface area contributed by atoms with Gasteiger partial charge < -0.3 is 9.84 Å². The smallest absolute Gasteiger partial charge is 0.0589 e. The molecule has 0 unspecified atom stereocenters. The number of nitrogens with zero attached hydrogens (tertiary/aromatic N) is 1. The van der Waals surface area contributed by atoms with Crippen molar-refractivity contribution in [3.05, 3.63) is 35.4 Å². The number of methoxy groups -OCH3 is 1. The SMILES string of the molecule is COCCN(Cc1ccc(C#CCCO)cc1)C1CC1. The molecule has 1 aromatic carbocycles. The van der Waals surface area contributed by atoms with Crippen LogP contribution in [0.1, 0.15) is 30.4 Å². The van der Waals surface area contributed by atoms with E-state index in [0.29, 0.717) is 6.42 Å². The molecule has 20 heavy (non-hydrogen) atoms. The molecule has 3 nitrogen and oxygen atoms in total. The minimum Gasteiger partial charge on any atom is -0.395 e. The van der Waals surface area contributed by atoms with Crippen LogP contribution in [-0.2, 0) is 11.3 Å². The van der Waals surface area contributed by atoms with Crippen LogP contribution in [0.3, 0.4) is 0 Å². The molecule has 0 bridgehead atoms. The highest BCUT2D eigenvalue weighted by molar-refractivity contribution is 5.36. The van der Waals surface area contributed by atoms with Gasteiger partial charge in [0.1, 0.15) is 0 Å². The summed E-state index contributed by atoms with van der Waals surface area (Å²) < 4.78 is 5.18. The standard InChI is InChI=1S/C17H23NO2/c1-20-13-11-18(17-9-10-17)14-16-7-5-15(6-8-16)4-2-3-12-19/h5-8,17,19H,3,9-14H2,1H3. The Balaban J connectivity index is 1.90. The summed E-state index contributed by atoms with van der Waals surface area (Å²) in [7, 11) is 1.75. The maximum Gasteiger partial charge on any atom is 0.0589 e. The number of rotatable bonds is 7. The van der Waals surface area contributed by atoms with Crippen LogP contribution < -0.4 is 0 Å². The van der Waals surface area contributed by atoms with Crippen LogP contribution in [0, 0.1) is 11.8 Å². The maximum atomic E-state index is 8.70. The van der Waals surface area contributed by atoms with Gasteiger partial charge in [0.15, 0.2) is 0 Å². The second-order valence-corrected chi connectivity index (χ2v) is 5.17. The zero-order valence-corrected chi connectivity index (χ0v) is 12.1. The van der Waals surface area contributed by atoms with Crippen molar-refractivity contribution < 1.29 is 9.84 Å². The number of ether oxygens (including phenoxy) is 1. The van der Waals surface area contributed by atoms with E-state index in [2.05, 4.69) is 41.0 Å². The Morgan fingerprint density at radius 1 is 1.30 bits per heavy atom. The number of aliphatic hydroxyl groups excluding tert-OH is 1. The van der Waals surface area contributed by atoms with Gasteiger partial charge in [0, 0.05) is 38.2 Å². The first-order chi connectivity index (χ1) is 9.83. The van der Waals surface area contributed by atoms with Crippen LogP contribution in [0.15, 0.2) is 24.3 Å². The predicted molar refractivity (Wildman–Crippen MR) is 80.3 cm³/mol. The molecule has 0 radical (unpaired) electrons. The first-order valence-electron chi connectivity index (χ1n) is 7.25. The fourth-order valence-electron chi connectivity index (χ4n) is 2.19. The monoisotopic (exact) mass is 273 g/mol. The second-order valence-electron chi connectivity index (χ2n) is 5.17. The molecular weight excluding hydrogens is 250 g/mol. The predicted octanol–water partition coefficient (Wildman–Crippen LogP) is 2.03. The average Bonchev–Trinajstić information content (AvgIpc) is 3.30. The quantitative estimate of drug-likeness (QED) is 0.772. The maximum absolute atomic E-state index is 8.70. The van der Waals surface area contributed by atoms with Crippen LogP contribution in [0.2, 0.25) is 0 Å². The summed E-state index contributed by atoms with van der Waals surface area (Å²) in [6, 6.07) is 9.15. The molecule has 1 aromatic rings. The van der Waals surface area contributed by atoms with Gasteiger partial charge in [-0.05, 0) is 30.5 Å². The summed E-state index contributed by atoms with van der Waals surface area (Å²) in [6.07, 6.45) is 3.16. The van der Waals surface area contributed by atoms with E-state index in [9.17, 15) is 0 Å². The van der Waals surface area contributed by atoms with Crippen molar-refractivity contribution in [1.29, 1.82) is 0 Å². The molecule has 1 saturated carbocycles. The van der Waals surface area contributed by atoms with Gasteiger partial charge in [0.2, 0.25) is 0 Å². The Bertz CT molecular complexity index is 454. The fourth-order valence-corrected chi connectivity index (χ4v) is 2.19. The third-order valence-electron chi connectivity index (χ3n) is 3.46. The Labute approximate surface area is 121 Å². The van der Waals surface area contributed by atoms with Crippen molar-refractivity contribution >= 4 is 0 Å². The number of benzene rings is 1. The van der Waals surface area contributed by atoms with Crippen LogP contribution in [-0.4, -0.2) is 42.9 Å². The fraction of sp³-hybridized carbons (Fsp3) is 0.529. The first-order valence-corrected chi connectivity index (χ1v) is 7.25. The lowest BCUT2D eigenvalue weighted by atomic mass is 10.1. The van der Waals surface area contributed by atoms with E-state index in [-0.39, 0.29) is 6.61 Å². The summed E-state index contributed by atoms with van der Waals surface area (Å²) in [5.74, 6) is 5.99. The summed E-state index contributed by atoms with van der Waals surface area (Å²) in [6.45, 7) is 2.90. The second kappa shape index (κ2) is 8.06. The zero-order chi connectivity index (χ0) is 14.2. The molecule has 0 aromatic heterocycles. The van der Waals surface area contributed by atoms with Crippen molar-refractivity contribution in [2.75, 3.05) is 26.9 Å². The van der Waals surface area contributed by atoms with E-state index >= 15 is 0 Å². The highest BCUT2D eigenvalue weighted by atomic mass is 16.5. The topological polar surface area (TPSA) is 32.7 Å². The van der Waals surface area contributed by atoms with Gasteiger partial charge in [-0.25, -0.2) is 0 Å². The average molecular weight is 273 g/mol. The zero-order valence-electron chi connectivity index (χ0n) is 12.1. The van der Waals surface area contributed by atoms with Crippen molar-refractivity contribution in [2.45, 2.75) is 31.8 Å². The van der Waals surface area contributed by atoms with Crippen LogP contribution in [0.4, 0.5) is 0 Å². The Morgan fingerprint density at radius 3 is 2.65 bits per heavy atom. The molecule has 0 heterocycles. The molecule has 0 amide bonds. The molecule has 0 aliphatic heterocycles. The summed E-state index contributed by atoms with van der Waals surface area (Å²) in [4.78, 5) is 2.50. The molecule has 1 aliphatic carbocycles. The molecule has 0 spiro atoms. The molecule has 108 valence electrons. The molecular formula is C17H23NO2. The largest absolute Gasteiger partial charge is 0.395 e. The molecule has 1 fully saturated rings. The lowest BCUT2D eigenvalue weighted by Crippen LogP contribution is -2.29. The van der Waals surface area contributed by atoms with Crippen LogP contribution >= 0.6 is 0 Å². The van der Waals surface area contributed by atoms with Gasteiger partial charge in [-0.1, -0.05) is 24.0 Å².